The molecule has 0 heterocycles. The Balaban J connectivity index is 2.15. The summed E-state index contributed by atoms with van der Waals surface area (Å²) in [6.07, 6.45) is 3.78. The van der Waals surface area contributed by atoms with Gasteiger partial charge in [0.1, 0.15) is 5.54 Å². The maximum atomic E-state index is 12.5. The Morgan fingerprint density at radius 1 is 1.31 bits per heavy atom. The second-order valence-electron chi connectivity index (χ2n) is 7.01. The van der Waals surface area contributed by atoms with Crippen LogP contribution in [0.15, 0.2) is 23.1 Å². The van der Waals surface area contributed by atoms with E-state index < -0.39 is 21.3 Å². The van der Waals surface area contributed by atoms with Crippen molar-refractivity contribution in [1.82, 2.24) is 5.32 Å². The molecule has 1 saturated carbocycles. The Labute approximate surface area is 159 Å². The number of nitrogens with one attached hydrogen (secondary N) is 1. The maximum Gasteiger partial charge on any atom is 0.331 e. The van der Waals surface area contributed by atoms with Gasteiger partial charge in [0, 0.05) is 11.3 Å². The molecule has 1 N–H and O–H groups in total. The minimum absolute atomic E-state index is 0.0445. The molecule has 0 spiro atoms. The van der Waals surface area contributed by atoms with E-state index in [2.05, 4.69) is 12.2 Å². The summed E-state index contributed by atoms with van der Waals surface area (Å²) in [5.74, 6) is -0.280. The number of carbonyl (C=O) groups is 2. The number of amides is 1. The summed E-state index contributed by atoms with van der Waals surface area (Å²) >= 11 is 6.13. The first-order valence-electron chi connectivity index (χ1n) is 8.45. The van der Waals surface area contributed by atoms with Crippen molar-refractivity contribution in [3.63, 3.8) is 0 Å². The number of benzene rings is 1. The first kappa shape index (κ1) is 20.7. The van der Waals surface area contributed by atoms with Crippen LogP contribution in [0.25, 0.3) is 0 Å². The van der Waals surface area contributed by atoms with Gasteiger partial charge in [0.25, 0.3) is 0 Å². The molecule has 1 amide bonds. The lowest BCUT2D eigenvalue weighted by atomic mass is 9.77. The van der Waals surface area contributed by atoms with E-state index in [0.29, 0.717) is 24.3 Å². The number of hydrogen-bond acceptors (Lipinski definition) is 5. The minimum Gasteiger partial charge on any atom is -0.467 e. The predicted molar refractivity (Wildman–Crippen MR) is 98.8 cm³/mol. The quantitative estimate of drug-likeness (QED) is 0.765. The van der Waals surface area contributed by atoms with Crippen LogP contribution in [-0.2, 0) is 30.6 Å². The summed E-state index contributed by atoms with van der Waals surface area (Å²) in [4.78, 5) is 24.9. The van der Waals surface area contributed by atoms with Gasteiger partial charge in [-0.1, -0.05) is 24.6 Å². The molecule has 1 aromatic rings. The third-order valence-electron chi connectivity index (χ3n) is 4.89. The molecule has 0 atom stereocenters. The molecule has 1 aliphatic rings. The summed E-state index contributed by atoms with van der Waals surface area (Å²) in [6.45, 7) is 2.12. The van der Waals surface area contributed by atoms with Crippen LogP contribution in [0.4, 0.5) is 0 Å². The number of esters is 1. The van der Waals surface area contributed by atoms with Gasteiger partial charge in [-0.2, -0.15) is 0 Å². The van der Waals surface area contributed by atoms with Crippen molar-refractivity contribution in [1.29, 1.82) is 0 Å². The highest BCUT2D eigenvalue weighted by molar-refractivity contribution is 7.90. The largest absolute Gasteiger partial charge is 0.467 e. The number of halogens is 1. The van der Waals surface area contributed by atoms with Crippen molar-refractivity contribution in [3.8, 4) is 0 Å². The first-order chi connectivity index (χ1) is 12.1. The summed E-state index contributed by atoms with van der Waals surface area (Å²) in [6, 6.07) is 4.27. The van der Waals surface area contributed by atoms with Crippen LogP contribution in [-0.4, -0.2) is 39.2 Å². The Bertz CT molecular complexity index is 798. The summed E-state index contributed by atoms with van der Waals surface area (Å²) in [5, 5.41) is 3.04. The Hall–Kier alpha value is -1.60. The van der Waals surface area contributed by atoms with Crippen LogP contribution in [0.5, 0.6) is 0 Å². The molecule has 0 bridgehead atoms. The molecule has 1 aliphatic carbocycles. The lowest BCUT2D eigenvalue weighted by Crippen LogP contribution is -2.57. The molecular weight excluding hydrogens is 378 g/mol. The second-order valence-corrected chi connectivity index (χ2v) is 9.43. The van der Waals surface area contributed by atoms with Crippen LogP contribution < -0.4 is 5.32 Å². The smallest absolute Gasteiger partial charge is 0.331 e. The zero-order valence-electron chi connectivity index (χ0n) is 15.2. The van der Waals surface area contributed by atoms with E-state index in [1.54, 1.807) is 0 Å². The van der Waals surface area contributed by atoms with E-state index in [1.165, 1.54) is 25.3 Å². The van der Waals surface area contributed by atoms with Gasteiger partial charge in [-0.15, -0.1) is 0 Å². The van der Waals surface area contributed by atoms with Gasteiger partial charge in [-0.05, 0) is 49.3 Å². The van der Waals surface area contributed by atoms with Crippen LogP contribution in [0, 0.1) is 5.92 Å². The van der Waals surface area contributed by atoms with Gasteiger partial charge in [0.05, 0.1) is 18.4 Å². The number of methoxy groups -OCH3 is 1. The molecule has 26 heavy (non-hydrogen) atoms. The predicted octanol–water partition coefficient (Wildman–Crippen LogP) is 2.52. The summed E-state index contributed by atoms with van der Waals surface area (Å²) < 4.78 is 28.0. The molecule has 144 valence electrons. The Kier molecular flexibility index (Phi) is 6.34. The van der Waals surface area contributed by atoms with Crippen LogP contribution in [0.3, 0.4) is 0 Å². The standard InChI is InChI=1S/C18H24ClNO5S/c1-12-6-8-18(9-7-12,17(22)25-2)20-16(21)10-13-4-5-14(11-15(13)19)26(3,23)24/h4-5,11-12H,6-10H2,1-3H3,(H,20,21). The monoisotopic (exact) mass is 401 g/mol. The molecule has 8 heteroatoms. The van der Waals surface area contributed by atoms with Crippen LogP contribution >= 0.6 is 11.6 Å². The van der Waals surface area contributed by atoms with E-state index in [0.717, 1.165) is 19.1 Å². The van der Waals surface area contributed by atoms with Crippen molar-refractivity contribution in [2.45, 2.75) is 49.5 Å². The van der Waals surface area contributed by atoms with E-state index in [-0.39, 0.29) is 22.2 Å². The molecule has 0 aliphatic heterocycles. The molecular formula is C18H24ClNO5S. The molecule has 1 aromatic carbocycles. The van der Waals surface area contributed by atoms with Gasteiger partial charge in [0.15, 0.2) is 9.84 Å². The molecule has 2 rings (SSSR count). The number of rotatable bonds is 5. The van der Waals surface area contributed by atoms with Crippen LogP contribution in [0.1, 0.15) is 38.2 Å². The van der Waals surface area contributed by atoms with E-state index in [4.69, 9.17) is 16.3 Å². The van der Waals surface area contributed by atoms with Crippen LogP contribution in [0.2, 0.25) is 5.02 Å². The highest BCUT2D eigenvalue weighted by Crippen LogP contribution is 2.33. The van der Waals surface area contributed by atoms with E-state index in [9.17, 15) is 18.0 Å². The third-order valence-corrected chi connectivity index (χ3v) is 6.35. The normalized spacial score (nSPS) is 23.3. The van der Waals surface area contributed by atoms with Gasteiger partial charge >= 0.3 is 5.97 Å². The fourth-order valence-electron chi connectivity index (χ4n) is 3.22. The number of hydrogen-bond donors (Lipinski definition) is 1. The highest BCUT2D eigenvalue weighted by Gasteiger charge is 2.43. The molecule has 1 fully saturated rings. The molecule has 0 radical (unpaired) electrons. The number of ether oxygens (including phenoxy) is 1. The average Bonchev–Trinajstić information content (AvgIpc) is 2.57. The van der Waals surface area contributed by atoms with Crippen molar-refractivity contribution >= 4 is 33.3 Å². The van der Waals surface area contributed by atoms with E-state index >= 15 is 0 Å². The van der Waals surface area contributed by atoms with E-state index in [1.807, 2.05) is 0 Å². The van der Waals surface area contributed by atoms with Gasteiger partial charge in [-0.3, -0.25) is 4.79 Å². The zero-order chi connectivity index (χ0) is 19.5. The molecule has 0 aromatic heterocycles. The average molecular weight is 402 g/mol. The van der Waals surface area contributed by atoms with Crippen molar-refractivity contribution in [2.24, 2.45) is 5.92 Å². The lowest BCUT2D eigenvalue weighted by molar-refractivity contribution is -0.153. The minimum atomic E-state index is -3.37. The zero-order valence-corrected chi connectivity index (χ0v) is 16.7. The Morgan fingerprint density at radius 2 is 1.92 bits per heavy atom. The lowest BCUT2D eigenvalue weighted by Gasteiger charge is -2.37. The topological polar surface area (TPSA) is 89.5 Å². The van der Waals surface area contributed by atoms with Crippen molar-refractivity contribution < 1.29 is 22.7 Å². The summed E-state index contributed by atoms with van der Waals surface area (Å²) in [5.41, 5.74) is -0.502. The summed E-state index contributed by atoms with van der Waals surface area (Å²) in [7, 11) is -2.05. The fraction of sp³-hybridized carbons (Fsp3) is 0.556. The highest BCUT2D eigenvalue weighted by atomic mass is 35.5. The van der Waals surface area contributed by atoms with Gasteiger partial charge in [-0.25, -0.2) is 13.2 Å². The third kappa shape index (κ3) is 4.76. The first-order valence-corrected chi connectivity index (χ1v) is 10.7. The molecule has 0 saturated heterocycles. The van der Waals surface area contributed by atoms with Gasteiger partial charge < -0.3 is 10.1 Å². The number of sulfone groups is 1. The SMILES string of the molecule is COC(=O)C1(NC(=O)Cc2ccc(S(C)(=O)=O)cc2Cl)CCC(C)CC1. The maximum absolute atomic E-state index is 12.5. The number of carbonyl (C=O) groups excluding carboxylic acids is 2. The molecule has 6 nitrogen and oxygen atoms in total. The fourth-order valence-corrected chi connectivity index (χ4v) is 4.18. The molecule has 0 unspecified atom stereocenters. The Morgan fingerprint density at radius 3 is 2.42 bits per heavy atom. The van der Waals surface area contributed by atoms with Crippen molar-refractivity contribution in [3.05, 3.63) is 28.8 Å². The van der Waals surface area contributed by atoms with Crippen molar-refractivity contribution in [2.75, 3.05) is 13.4 Å². The van der Waals surface area contributed by atoms with Gasteiger partial charge in [0.2, 0.25) is 5.91 Å². The second kappa shape index (κ2) is 7.96.